The first-order chi connectivity index (χ1) is 9.12. The summed E-state index contributed by atoms with van der Waals surface area (Å²) in [7, 11) is 3.72. The lowest BCUT2D eigenvalue weighted by Crippen LogP contribution is -2.48. The molecule has 2 N–H and O–H groups in total. The molecular formula is C14H31Cl2N3O2. The molecule has 21 heavy (non-hydrogen) atoms. The molecule has 1 aliphatic rings. The fraction of sp³-hybridized carbons (Fsp3) is 0.929. The highest BCUT2D eigenvalue weighted by atomic mass is 35.5. The molecule has 128 valence electrons. The molecule has 1 amide bonds. The van der Waals surface area contributed by atoms with Crippen molar-refractivity contribution in [2.24, 2.45) is 5.41 Å². The monoisotopic (exact) mass is 343 g/mol. The molecule has 0 aromatic rings. The number of ether oxygens (including phenoxy) is 1. The zero-order valence-corrected chi connectivity index (χ0v) is 15.1. The Hall–Kier alpha value is -0.0700. The van der Waals surface area contributed by atoms with Crippen LogP contribution in [0, 0.1) is 5.41 Å². The number of methoxy groups -OCH3 is 1. The van der Waals surface area contributed by atoms with Crippen molar-refractivity contribution in [3.05, 3.63) is 0 Å². The van der Waals surface area contributed by atoms with Crippen LogP contribution in [0.25, 0.3) is 0 Å². The smallest absolute Gasteiger partial charge is 0.234 e. The van der Waals surface area contributed by atoms with Crippen LogP contribution in [0.15, 0.2) is 0 Å². The zero-order valence-electron chi connectivity index (χ0n) is 13.4. The first kappa shape index (κ1) is 23.2. The summed E-state index contributed by atoms with van der Waals surface area (Å²) in [5, 5.41) is 6.44. The van der Waals surface area contributed by atoms with E-state index < -0.39 is 0 Å². The van der Waals surface area contributed by atoms with Gasteiger partial charge in [-0.15, -0.1) is 24.8 Å². The molecule has 0 aromatic heterocycles. The van der Waals surface area contributed by atoms with Crippen molar-refractivity contribution in [3.8, 4) is 0 Å². The highest BCUT2D eigenvalue weighted by Gasteiger charge is 2.32. The number of likely N-dealkylation sites (N-methyl/N-ethyl adjacent to an activating group) is 1. The number of nitrogens with one attached hydrogen (secondary N) is 2. The van der Waals surface area contributed by atoms with Crippen LogP contribution in [-0.2, 0) is 9.53 Å². The van der Waals surface area contributed by atoms with E-state index in [0.717, 1.165) is 52.0 Å². The Kier molecular flexibility index (Phi) is 13.8. The van der Waals surface area contributed by atoms with Crippen LogP contribution in [0.5, 0.6) is 0 Å². The van der Waals surface area contributed by atoms with E-state index in [9.17, 15) is 4.79 Å². The van der Waals surface area contributed by atoms with Gasteiger partial charge in [-0.2, -0.15) is 0 Å². The van der Waals surface area contributed by atoms with Crippen molar-refractivity contribution in [2.45, 2.75) is 26.2 Å². The van der Waals surface area contributed by atoms with Gasteiger partial charge in [0.2, 0.25) is 5.91 Å². The molecule has 1 heterocycles. The molecule has 0 spiro atoms. The van der Waals surface area contributed by atoms with Gasteiger partial charge in [0.25, 0.3) is 0 Å². The molecule has 1 rings (SSSR count). The molecule has 7 heteroatoms. The summed E-state index contributed by atoms with van der Waals surface area (Å²) < 4.78 is 5.35. The molecule has 0 unspecified atom stereocenters. The molecule has 0 saturated carbocycles. The molecule has 0 aromatic carbocycles. The largest absolute Gasteiger partial charge is 0.384 e. The molecule has 0 bridgehead atoms. The van der Waals surface area contributed by atoms with Crippen LogP contribution in [0.1, 0.15) is 26.2 Å². The topological polar surface area (TPSA) is 53.6 Å². The van der Waals surface area contributed by atoms with E-state index in [1.807, 2.05) is 7.05 Å². The third-order valence-corrected chi connectivity index (χ3v) is 3.79. The molecule has 1 fully saturated rings. The number of halogens is 2. The molecule has 1 aliphatic heterocycles. The van der Waals surface area contributed by atoms with Gasteiger partial charge in [0, 0.05) is 19.1 Å². The molecule has 5 nitrogen and oxygen atoms in total. The van der Waals surface area contributed by atoms with E-state index in [0.29, 0.717) is 6.54 Å². The van der Waals surface area contributed by atoms with Crippen molar-refractivity contribution in [1.29, 1.82) is 0 Å². The lowest BCUT2D eigenvalue weighted by molar-refractivity contribution is -0.122. The van der Waals surface area contributed by atoms with Crippen molar-refractivity contribution < 1.29 is 9.53 Å². The molecule has 1 saturated heterocycles. The lowest BCUT2D eigenvalue weighted by atomic mass is 9.79. The Bertz CT molecular complexity index is 269. The highest BCUT2D eigenvalue weighted by molar-refractivity contribution is 5.85. The standard InChI is InChI=1S/C14H29N3O2.2ClH/c1-4-9-17(2)10-13(18)16-11-14(12-19-3)5-7-15-8-6-14;;/h15H,4-12H2,1-3H3,(H,16,18);2*1H. The number of carbonyl (C=O) groups excluding carboxylic acids is 1. The number of amides is 1. The summed E-state index contributed by atoms with van der Waals surface area (Å²) in [6, 6.07) is 0. The number of hydrogen-bond donors (Lipinski definition) is 2. The van der Waals surface area contributed by atoms with Gasteiger partial charge in [0.1, 0.15) is 0 Å². The summed E-state index contributed by atoms with van der Waals surface area (Å²) in [5.41, 5.74) is 0.110. The van der Waals surface area contributed by atoms with Gasteiger partial charge in [-0.1, -0.05) is 6.92 Å². The average Bonchev–Trinajstić information content (AvgIpc) is 2.38. The van der Waals surface area contributed by atoms with Crippen LogP contribution in [0.4, 0.5) is 0 Å². The first-order valence-electron chi connectivity index (χ1n) is 7.27. The summed E-state index contributed by atoms with van der Waals surface area (Å²) in [4.78, 5) is 14.0. The van der Waals surface area contributed by atoms with Gasteiger partial charge in [-0.25, -0.2) is 0 Å². The summed E-state index contributed by atoms with van der Waals surface area (Å²) in [5.74, 6) is 0.116. The summed E-state index contributed by atoms with van der Waals surface area (Å²) in [6.07, 6.45) is 3.20. The number of hydrogen-bond acceptors (Lipinski definition) is 4. The van der Waals surface area contributed by atoms with Crippen molar-refractivity contribution in [1.82, 2.24) is 15.5 Å². The predicted molar refractivity (Wildman–Crippen MR) is 91.7 cm³/mol. The maximum absolute atomic E-state index is 11.9. The van der Waals surface area contributed by atoms with E-state index >= 15 is 0 Å². The Morgan fingerprint density at radius 3 is 2.48 bits per heavy atom. The fourth-order valence-corrected chi connectivity index (χ4v) is 2.68. The number of nitrogens with zero attached hydrogens (tertiary/aromatic N) is 1. The molecule has 0 aliphatic carbocycles. The van der Waals surface area contributed by atoms with Crippen LogP contribution >= 0.6 is 24.8 Å². The van der Waals surface area contributed by atoms with Crippen molar-refractivity contribution in [2.75, 3.05) is 53.5 Å². The maximum atomic E-state index is 11.9. The molecule has 0 atom stereocenters. The van der Waals surface area contributed by atoms with Gasteiger partial charge in [0.05, 0.1) is 13.2 Å². The number of rotatable bonds is 8. The Labute approximate surface area is 141 Å². The SMILES string of the molecule is CCCN(C)CC(=O)NCC1(COC)CCNCC1.Cl.Cl. The lowest BCUT2D eigenvalue weighted by Gasteiger charge is -2.37. The minimum Gasteiger partial charge on any atom is -0.384 e. The summed E-state index contributed by atoms with van der Waals surface area (Å²) in [6.45, 7) is 7.03. The van der Waals surface area contributed by atoms with Gasteiger partial charge in [0.15, 0.2) is 0 Å². The summed E-state index contributed by atoms with van der Waals surface area (Å²) >= 11 is 0. The van der Waals surface area contributed by atoms with E-state index in [1.165, 1.54) is 0 Å². The number of piperidine rings is 1. The quantitative estimate of drug-likeness (QED) is 0.697. The van der Waals surface area contributed by atoms with E-state index in [4.69, 9.17) is 4.74 Å². The Balaban J connectivity index is 0. The van der Waals surface area contributed by atoms with E-state index in [-0.39, 0.29) is 36.1 Å². The second kappa shape index (κ2) is 12.5. The fourth-order valence-electron chi connectivity index (χ4n) is 2.68. The van der Waals surface area contributed by atoms with Crippen LogP contribution in [0.3, 0.4) is 0 Å². The average molecular weight is 344 g/mol. The van der Waals surface area contributed by atoms with E-state index in [1.54, 1.807) is 7.11 Å². The third kappa shape index (κ3) is 8.83. The minimum atomic E-state index is 0. The first-order valence-corrected chi connectivity index (χ1v) is 7.27. The Morgan fingerprint density at radius 1 is 1.33 bits per heavy atom. The van der Waals surface area contributed by atoms with Crippen molar-refractivity contribution in [3.63, 3.8) is 0 Å². The minimum absolute atomic E-state index is 0. The molecule has 0 radical (unpaired) electrons. The second-order valence-corrected chi connectivity index (χ2v) is 5.70. The van der Waals surface area contributed by atoms with Crippen LogP contribution in [0.2, 0.25) is 0 Å². The second-order valence-electron chi connectivity index (χ2n) is 5.70. The zero-order chi connectivity index (χ0) is 14.1. The maximum Gasteiger partial charge on any atom is 0.234 e. The van der Waals surface area contributed by atoms with Crippen LogP contribution in [-0.4, -0.2) is 64.3 Å². The van der Waals surface area contributed by atoms with Gasteiger partial charge in [-0.3, -0.25) is 9.69 Å². The third-order valence-electron chi connectivity index (χ3n) is 3.79. The predicted octanol–water partition coefficient (Wildman–Crippen LogP) is 1.30. The normalized spacial score (nSPS) is 16.8. The number of carbonyl (C=O) groups is 1. The van der Waals surface area contributed by atoms with Gasteiger partial charge < -0.3 is 15.4 Å². The van der Waals surface area contributed by atoms with E-state index in [2.05, 4.69) is 22.5 Å². The van der Waals surface area contributed by atoms with Crippen molar-refractivity contribution >= 4 is 30.7 Å². The highest BCUT2D eigenvalue weighted by Crippen LogP contribution is 2.28. The van der Waals surface area contributed by atoms with Gasteiger partial charge >= 0.3 is 0 Å². The van der Waals surface area contributed by atoms with Gasteiger partial charge in [-0.05, 0) is 45.9 Å². The molecular weight excluding hydrogens is 313 g/mol. The van der Waals surface area contributed by atoms with Crippen LogP contribution < -0.4 is 10.6 Å². The Morgan fingerprint density at radius 2 is 1.95 bits per heavy atom.